The van der Waals surface area contributed by atoms with Crippen molar-refractivity contribution in [2.45, 2.75) is 30.9 Å². The van der Waals surface area contributed by atoms with Gasteiger partial charge in [0.2, 0.25) is 5.91 Å². The van der Waals surface area contributed by atoms with Crippen LogP contribution < -0.4 is 15.4 Å². The highest BCUT2D eigenvalue weighted by molar-refractivity contribution is 8.15. The molecule has 9 heteroatoms. The number of rotatable bonds is 8. The molecular weight excluding hydrogens is 452 g/mol. The van der Waals surface area contributed by atoms with Crippen LogP contribution in [0.1, 0.15) is 35.2 Å². The van der Waals surface area contributed by atoms with Crippen LogP contribution in [0.4, 0.5) is 5.69 Å². The summed E-state index contributed by atoms with van der Waals surface area (Å²) in [5.41, 5.74) is 2.11. The Balaban J connectivity index is 1.23. The van der Waals surface area contributed by atoms with E-state index in [2.05, 4.69) is 20.5 Å². The Morgan fingerprint density at radius 3 is 2.59 bits per heavy atom. The van der Waals surface area contributed by atoms with Crippen LogP contribution in [-0.2, 0) is 16.0 Å². The molecule has 8 nitrogen and oxygen atoms in total. The van der Waals surface area contributed by atoms with E-state index in [9.17, 15) is 14.4 Å². The van der Waals surface area contributed by atoms with Gasteiger partial charge in [-0.3, -0.25) is 14.4 Å². The van der Waals surface area contributed by atoms with Gasteiger partial charge in [0.25, 0.3) is 11.8 Å². The molecule has 1 saturated heterocycles. The predicted octanol–water partition coefficient (Wildman–Crippen LogP) is 3.09. The smallest absolute Gasteiger partial charge is 0.262 e. The number of nitrogens with zero attached hydrogens (tertiary/aromatic N) is 2. The second-order valence-corrected chi connectivity index (χ2v) is 9.35. The summed E-state index contributed by atoms with van der Waals surface area (Å²) in [5, 5.41) is 5.96. The third-order valence-corrected chi connectivity index (χ3v) is 6.99. The molecule has 0 radical (unpaired) electrons. The Morgan fingerprint density at radius 2 is 1.85 bits per heavy atom. The number of ether oxygens (including phenoxy) is 1. The molecule has 2 aromatic carbocycles. The number of anilines is 1. The molecule has 0 unspecified atom stereocenters. The van der Waals surface area contributed by atoms with E-state index in [-0.39, 0.29) is 24.1 Å². The second-order valence-electron chi connectivity index (χ2n) is 8.18. The Bertz CT molecular complexity index is 1080. The van der Waals surface area contributed by atoms with Gasteiger partial charge in [0, 0.05) is 37.3 Å². The lowest BCUT2D eigenvalue weighted by atomic mass is 10.1. The van der Waals surface area contributed by atoms with E-state index in [4.69, 9.17) is 4.74 Å². The van der Waals surface area contributed by atoms with Crippen LogP contribution in [0.15, 0.2) is 53.5 Å². The lowest BCUT2D eigenvalue weighted by molar-refractivity contribution is -0.121. The number of aliphatic imine (C=N–C) groups is 1. The first-order chi connectivity index (χ1) is 16.5. The zero-order valence-corrected chi connectivity index (χ0v) is 19.9. The van der Waals surface area contributed by atoms with Crippen LogP contribution >= 0.6 is 11.8 Å². The van der Waals surface area contributed by atoms with Gasteiger partial charge in [-0.2, -0.15) is 4.99 Å². The van der Waals surface area contributed by atoms with Crippen molar-refractivity contribution >= 4 is 40.3 Å². The molecule has 0 aromatic heterocycles. The van der Waals surface area contributed by atoms with Crippen molar-refractivity contribution in [3.63, 3.8) is 0 Å². The van der Waals surface area contributed by atoms with Gasteiger partial charge in [0.15, 0.2) is 5.17 Å². The summed E-state index contributed by atoms with van der Waals surface area (Å²) < 4.78 is 5.33. The van der Waals surface area contributed by atoms with Crippen LogP contribution in [0.25, 0.3) is 0 Å². The van der Waals surface area contributed by atoms with Crippen molar-refractivity contribution in [3.05, 3.63) is 59.7 Å². The Labute approximate surface area is 203 Å². The number of nitrogens with one attached hydrogen (secondary N) is 2. The molecule has 2 aliphatic rings. The molecule has 0 spiro atoms. The maximum absolute atomic E-state index is 12.5. The maximum Gasteiger partial charge on any atom is 0.262 e. The number of hydrogen-bond donors (Lipinski definition) is 2. The first kappa shape index (κ1) is 23.8. The van der Waals surface area contributed by atoms with Gasteiger partial charge in [-0.15, -0.1) is 0 Å². The highest BCUT2D eigenvalue weighted by Gasteiger charge is 2.33. The molecule has 1 fully saturated rings. The van der Waals surface area contributed by atoms with Crippen molar-refractivity contribution in [2.75, 3.05) is 32.1 Å². The van der Waals surface area contributed by atoms with Crippen molar-refractivity contribution < 1.29 is 19.1 Å². The van der Waals surface area contributed by atoms with Crippen LogP contribution in [0, 0.1) is 0 Å². The van der Waals surface area contributed by atoms with Gasteiger partial charge < -0.3 is 20.3 Å². The summed E-state index contributed by atoms with van der Waals surface area (Å²) >= 11 is 1.37. The van der Waals surface area contributed by atoms with Crippen molar-refractivity contribution in [1.29, 1.82) is 0 Å². The van der Waals surface area contributed by atoms with Gasteiger partial charge in [0.05, 0.1) is 7.11 Å². The maximum atomic E-state index is 12.5. The molecule has 4 rings (SSSR count). The molecule has 2 aromatic rings. The van der Waals surface area contributed by atoms with E-state index >= 15 is 0 Å². The van der Waals surface area contributed by atoms with Gasteiger partial charge >= 0.3 is 0 Å². The summed E-state index contributed by atoms with van der Waals surface area (Å²) in [6.45, 7) is 2.31. The Hall–Kier alpha value is -3.33. The van der Waals surface area contributed by atoms with Crippen LogP contribution in [0.5, 0.6) is 5.75 Å². The van der Waals surface area contributed by atoms with E-state index in [0.29, 0.717) is 24.2 Å². The van der Waals surface area contributed by atoms with Crippen molar-refractivity contribution in [2.24, 2.45) is 4.99 Å². The normalized spacial score (nSPS) is 17.4. The molecule has 0 aliphatic carbocycles. The molecule has 0 bridgehead atoms. The highest BCUT2D eigenvalue weighted by atomic mass is 32.2. The quantitative estimate of drug-likeness (QED) is 0.602. The fourth-order valence-electron chi connectivity index (χ4n) is 3.96. The average Bonchev–Trinajstić information content (AvgIpc) is 3.50. The minimum atomic E-state index is -0.483. The molecule has 0 saturated carbocycles. The molecule has 2 N–H and O–H groups in total. The Morgan fingerprint density at radius 1 is 1.12 bits per heavy atom. The monoisotopic (exact) mass is 480 g/mol. The number of likely N-dealkylation sites (tertiary alicyclic amines) is 1. The fraction of sp³-hybridized carbons (Fsp3) is 0.360. The van der Waals surface area contributed by atoms with Crippen LogP contribution in [0.3, 0.4) is 0 Å². The highest BCUT2D eigenvalue weighted by Crippen LogP contribution is 2.29. The van der Waals surface area contributed by atoms with E-state index < -0.39 is 5.25 Å². The fourth-order valence-corrected chi connectivity index (χ4v) is 5.08. The summed E-state index contributed by atoms with van der Waals surface area (Å²) in [4.78, 5) is 43.3. The molecular formula is C25H28N4O4S. The van der Waals surface area contributed by atoms with Gasteiger partial charge in [-0.25, -0.2) is 0 Å². The minimum absolute atomic E-state index is 0.0650. The number of methoxy groups -OCH3 is 1. The summed E-state index contributed by atoms with van der Waals surface area (Å²) in [6.07, 6.45) is 2.93. The molecule has 3 amide bonds. The molecule has 34 heavy (non-hydrogen) atoms. The number of carbonyl (C=O) groups excluding carboxylic acids is 3. The third kappa shape index (κ3) is 5.96. The van der Waals surface area contributed by atoms with Crippen LogP contribution in [0.2, 0.25) is 0 Å². The van der Waals surface area contributed by atoms with Gasteiger partial charge in [-0.1, -0.05) is 30.0 Å². The van der Waals surface area contributed by atoms with E-state index in [1.165, 1.54) is 11.8 Å². The third-order valence-electron chi connectivity index (χ3n) is 5.78. The molecule has 2 heterocycles. The number of carbonyl (C=O) groups is 3. The summed E-state index contributed by atoms with van der Waals surface area (Å²) in [7, 11) is 1.63. The molecule has 178 valence electrons. The summed E-state index contributed by atoms with van der Waals surface area (Å²) in [6, 6.07) is 14.4. The zero-order chi connectivity index (χ0) is 23.9. The largest absolute Gasteiger partial charge is 0.496 e. The minimum Gasteiger partial charge on any atom is -0.496 e. The van der Waals surface area contributed by atoms with E-state index in [0.717, 1.165) is 42.4 Å². The van der Waals surface area contributed by atoms with Crippen molar-refractivity contribution in [3.8, 4) is 5.75 Å². The first-order valence-corrected chi connectivity index (χ1v) is 12.3. The number of hydrogen-bond acceptors (Lipinski definition) is 6. The lowest BCUT2D eigenvalue weighted by Crippen LogP contribution is -2.26. The zero-order valence-electron chi connectivity index (χ0n) is 19.1. The van der Waals surface area contributed by atoms with E-state index in [1.807, 2.05) is 24.3 Å². The molecule has 1 atom stereocenters. The number of amidine groups is 1. The van der Waals surface area contributed by atoms with Crippen molar-refractivity contribution in [1.82, 2.24) is 10.2 Å². The van der Waals surface area contributed by atoms with Gasteiger partial charge in [-0.05, 0) is 55.2 Å². The number of amides is 3. The Kier molecular flexibility index (Phi) is 7.84. The van der Waals surface area contributed by atoms with Gasteiger partial charge in [0.1, 0.15) is 11.0 Å². The van der Waals surface area contributed by atoms with E-state index in [1.54, 1.807) is 31.4 Å². The number of para-hydroxylation sites is 1. The average molecular weight is 481 g/mol. The standard InChI is InChI=1S/C25H28N4O4S/c1-33-20-7-3-2-6-17(20)12-13-26-23(31)18-8-10-19(11-9-18)27-22(30)16-21-24(32)28-25(34-21)29-14-4-5-15-29/h2-3,6-11,21H,4-5,12-16H2,1H3,(H,26,31)(H,27,30)/t21-/m1/s1. The topological polar surface area (TPSA) is 100 Å². The number of benzene rings is 2. The molecule has 2 aliphatic heterocycles. The number of thioether (sulfide) groups is 1. The predicted molar refractivity (Wildman–Crippen MR) is 133 cm³/mol. The lowest BCUT2D eigenvalue weighted by Gasteiger charge is -2.16. The second kappa shape index (κ2) is 11.2. The summed E-state index contributed by atoms with van der Waals surface area (Å²) in [5.74, 6) is 0.112. The first-order valence-electron chi connectivity index (χ1n) is 11.4. The SMILES string of the molecule is COc1ccccc1CCNC(=O)c1ccc(NC(=O)C[C@H]2SC(N3CCCC3)=NC2=O)cc1. The van der Waals surface area contributed by atoms with Crippen LogP contribution in [-0.4, -0.2) is 59.8 Å².